The predicted molar refractivity (Wildman–Crippen MR) is 180 cm³/mol. The van der Waals surface area contributed by atoms with Crippen LogP contribution < -0.4 is 35.0 Å². The molecule has 0 fully saturated rings. The number of allylic oxidation sites excluding steroid dienone is 1. The fraction of sp³-hybridized carbons (Fsp3) is 0.281. The monoisotopic (exact) mass is 750 g/mol. The molecule has 47 heavy (non-hydrogen) atoms. The van der Waals surface area contributed by atoms with Gasteiger partial charge in [0.25, 0.3) is 0 Å². The summed E-state index contributed by atoms with van der Waals surface area (Å²) in [6, 6.07) is 12.5. The molecule has 0 aliphatic carbocycles. The quantitative estimate of drug-likeness (QED) is 0.0688. The van der Waals surface area contributed by atoms with Gasteiger partial charge in [0.1, 0.15) is 13.2 Å². The van der Waals surface area contributed by atoms with Gasteiger partial charge >= 0.3 is 12.0 Å². The summed E-state index contributed by atoms with van der Waals surface area (Å²) < 4.78 is 28.6. The molecule has 0 saturated carbocycles. The Labute approximate surface area is 290 Å². The van der Waals surface area contributed by atoms with Crippen molar-refractivity contribution in [3.8, 4) is 23.0 Å². The first-order chi connectivity index (χ1) is 22.5. The Balaban J connectivity index is 1.39. The highest BCUT2D eigenvalue weighted by Gasteiger charge is 2.32. The molecule has 0 aromatic heterocycles. The van der Waals surface area contributed by atoms with Gasteiger partial charge in [0.05, 0.1) is 53.2 Å². The van der Waals surface area contributed by atoms with Gasteiger partial charge in [-0.15, -0.1) is 0 Å². The maximum absolute atomic E-state index is 12.5. The van der Waals surface area contributed by atoms with Crippen molar-refractivity contribution in [2.45, 2.75) is 32.7 Å². The number of ether oxygens (including phenoxy) is 5. The molecule has 12 nitrogen and oxygen atoms in total. The number of rotatable bonds is 14. The molecule has 2 amide bonds. The minimum Gasteiger partial charge on any atom is -0.493 e. The van der Waals surface area contributed by atoms with Crippen LogP contribution in [-0.2, 0) is 16.1 Å². The highest BCUT2D eigenvalue weighted by atomic mass is 79.9. The lowest BCUT2D eigenvalue weighted by Crippen LogP contribution is -2.45. The maximum Gasteiger partial charge on any atom is 0.337 e. The molecule has 4 rings (SSSR count). The predicted octanol–water partition coefficient (Wildman–Crippen LogP) is 5.86. The van der Waals surface area contributed by atoms with Crippen molar-refractivity contribution < 1.29 is 38.4 Å². The number of hydrogen-bond donors (Lipinski definition) is 4. The Bertz CT molecular complexity index is 1690. The van der Waals surface area contributed by atoms with Crippen molar-refractivity contribution in [3.63, 3.8) is 0 Å². The van der Waals surface area contributed by atoms with Gasteiger partial charge in [0, 0.05) is 5.70 Å². The number of hydrazone groups is 1. The lowest BCUT2D eigenvalue weighted by molar-refractivity contribution is -0.136. The summed E-state index contributed by atoms with van der Waals surface area (Å²) in [5.74, 6) is 1.07. The Morgan fingerprint density at radius 1 is 1.06 bits per heavy atom. The number of nitrogens with zero attached hydrogens (tertiary/aromatic N) is 1. The van der Waals surface area contributed by atoms with Crippen molar-refractivity contribution in [1.82, 2.24) is 16.1 Å². The molecular weight excluding hydrogens is 719 g/mol. The summed E-state index contributed by atoms with van der Waals surface area (Å²) in [7, 11) is 2.79. The van der Waals surface area contributed by atoms with E-state index in [1.807, 2.05) is 6.07 Å². The lowest BCUT2D eigenvalue weighted by Gasteiger charge is -2.28. The van der Waals surface area contributed by atoms with Crippen molar-refractivity contribution in [2.75, 3.05) is 27.4 Å². The van der Waals surface area contributed by atoms with E-state index in [0.717, 1.165) is 5.56 Å². The number of benzene rings is 3. The summed E-state index contributed by atoms with van der Waals surface area (Å²) in [6.45, 7) is 3.80. The Morgan fingerprint density at radius 2 is 1.85 bits per heavy atom. The number of carbonyl (C=O) groups excluding carboxylic acids is 2. The Hall–Kier alpha value is -4.17. The first-order valence-corrected chi connectivity index (χ1v) is 15.8. The van der Waals surface area contributed by atoms with E-state index < -0.39 is 24.3 Å². The molecule has 0 unspecified atom stereocenters. The largest absolute Gasteiger partial charge is 0.493 e. The van der Waals surface area contributed by atoms with Crippen LogP contribution in [0.25, 0.3) is 0 Å². The second-order valence-corrected chi connectivity index (χ2v) is 11.7. The lowest BCUT2D eigenvalue weighted by atomic mass is 9.95. The van der Waals surface area contributed by atoms with Crippen molar-refractivity contribution in [1.29, 1.82) is 0 Å². The summed E-state index contributed by atoms with van der Waals surface area (Å²) >= 11 is 15.6. The van der Waals surface area contributed by atoms with Crippen LogP contribution in [0.15, 0.2) is 69.4 Å². The number of aliphatic hydroxyl groups excluding tert-OH is 1. The van der Waals surface area contributed by atoms with Crippen LogP contribution in [-0.4, -0.2) is 57.0 Å². The molecule has 0 bridgehead atoms. The van der Waals surface area contributed by atoms with Gasteiger partial charge in [0.2, 0.25) is 0 Å². The van der Waals surface area contributed by atoms with E-state index in [1.165, 1.54) is 20.4 Å². The molecule has 4 N–H and O–H groups in total. The van der Waals surface area contributed by atoms with Crippen LogP contribution in [0.5, 0.6) is 23.0 Å². The topological polar surface area (TPSA) is 149 Å². The van der Waals surface area contributed by atoms with E-state index in [2.05, 4.69) is 37.1 Å². The number of esters is 1. The SMILES string of the molecule is CCOc1cc([C@@H]2NC(=O)NC(C)=C2C(=O)OC)ccc1OC[C@@H](O)N/N=C\c1cc(Br)c(OCc2ccc(Cl)c(Cl)c2)c(OC)c1. The molecule has 15 heteroatoms. The normalized spacial score (nSPS) is 15.1. The molecule has 3 aromatic rings. The molecule has 0 radical (unpaired) electrons. The van der Waals surface area contributed by atoms with Crippen LogP contribution in [0.4, 0.5) is 4.79 Å². The molecule has 0 saturated heterocycles. The number of amides is 2. The van der Waals surface area contributed by atoms with E-state index in [0.29, 0.717) is 60.9 Å². The summed E-state index contributed by atoms with van der Waals surface area (Å²) in [6.07, 6.45) is 0.321. The zero-order chi connectivity index (χ0) is 34.1. The second-order valence-electron chi connectivity index (χ2n) is 9.99. The number of hydrogen-bond acceptors (Lipinski definition) is 10. The highest BCUT2D eigenvalue weighted by Crippen LogP contribution is 2.38. The van der Waals surface area contributed by atoms with Crippen LogP contribution in [0.3, 0.4) is 0 Å². The third-order valence-electron chi connectivity index (χ3n) is 6.73. The van der Waals surface area contributed by atoms with Gasteiger partial charge in [-0.3, -0.25) is 5.43 Å². The first kappa shape index (κ1) is 35.7. The standard InChI is InChI=1S/C32H33BrCl2N4O8/c1-5-45-25-13-20(29-28(31(41)44-4)17(2)37-32(42)38-29)7-9-24(25)46-16-27(40)39-36-14-19-10-21(33)30(26(12-19)43-3)47-15-18-6-8-22(34)23(35)11-18/h6-14,27,29,39-40H,5,15-16H2,1-4H3,(H2,37,38,42)/b36-14-/t27-,29+/m1/s1. The van der Waals surface area contributed by atoms with E-state index >= 15 is 0 Å². The third kappa shape index (κ3) is 9.22. The second kappa shape index (κ2) is 16.6. The zero-order valence-corrected chi connectivity index (χ0v) is 29.0. The highest BCUT2D eigenvalue weighted by molar-refractivity contribution is 9.10. The van der Waals surface area contributed by atoms with Gasteiger partial charge in [-0.1, -0.05) is 35.3 Å². The molecule has 3 aromatic carbocycles. The number of halogens is 3. The molecule has 2 atom stereocenters. The molecule has 1 aliphatic rings. The van der Waals surface area contributed by atoms with Crippen LogP contribution >= 0.6 is 39.1 Å². The minimum absolute atomic E-state index is 0.179. The van der Waals surface area contributed by atoms with Crippen molar-refractivity contribution in [2.24, 2.45) is 5.10 Å². The van der Waals surface area contributed by atoms with Crippen LogP contribution in [0.1, 0.15) is 36.6 Å². The zero-order valence-electron chi connectivity index (χ0n) is 25.9. The number of nitrogens with one attached hydrogen (secondary N) is 3. The minimum atomic E-state index is -1.18. The molecule has 1 aliphatic heterocycles. The number of aliphatic hydroxyl groups is 1. The van der Waals surface area contributed by atoms with E-state index in [9.17, 15) is 14.7 Å². The van der Waals surface area contributed by atoms with Crippen molar-refractivity contribution in [3.05, 3.63) is 91.0 Å². The molecule has 0 spiro atoms. The van der Waals surface area contributed by atoms with E-state index in [-0.39, 0.29) is 18.8 Å². The molecule has 250 valence electrons. The Morgan fingerprint density at radius 3 is 2.55 bits per heavy atom. The van der Waals surface area contributed by atoms with Gasteiger partial charge in [0.15, 0.2) is 29.2 Å². The van der Waals surface area contributed by atoms with Gasteiger partial charge in [-0.2, -0.15) is 5.10 Å². The fourth-order valence-corrected chi connectivity index (χ4v) is 5.45. The first-order valence-electron chi connectivity index (χ1n) is 14.2. The van der Waals surface area contributed by atoms with Gasteiger partial charge in [-0.25, -0.2) is 9.59 Å². The smallest absolute Gasteiger partial charge is 0.337 e. The number of methoxy groups -OCH3 is 2. The maximum atomic E-state index is 12.5. The fourth-order valence-electron chi connectivity index (χ4n) is 4.56. The van der Waals surface area contributed by atoms with E-state index in [4.69, 9.17) is 46.9 Å². The summed E-state index contributed by atoms with van der Waals surface area (Å²) in [5, 5.41) is 20.8. The molecular formula is C32H33BrCl2N4O8. The van der Waals surface area contributed by atoms with Crippen LogP contribution in [0, 0.1) is 0 Å². The summed E-state index contributed by atoms with van der Waals surface area (Å²) in [4.78, 5) is 24.6. The number of carbonyl (C=O) groups is 2. The van der Waals surface area contributed by atoms with E-state index in [1.54, 1.807) is 56.3 Å². The Kier molecular flexibility index (Phi) is 12.6. The average Bonchev–Trinajstić information content (AvgIpc) is 3.04. The van der Waals surface area contributed by atoms with Crippen molar-refractivity contribution >= 4 is 57.3 Å². The third-order valence-corrected chi connectivity index (χ3v) is 8.06. The van der Waals surface area contributed by atoms with Gasteiger partial charge in [-0.05, 0) is 82.9 Å². The summed E-state index contributed by atoms with van der Waals surface area (Å²) in [5.41, 5.74) is 5.32. The number of urea groups is 1. The van der Waals surface area contributed by atoms with Gasteiger partial charge < -0.3 is 39.4 Å². The molecule has 1 heterocycles. The van der Waals surface area contributed by atoms with Crippen LogP contribution in [0.2, 0.25) is 10.0 Å². The average molecular weight is 752 g/mol.